The molecular weight excluding hydrogens is 346 g/mol. The van der Waals surface area contributed by atoms with E-state index >= 15 is 0 Å². The van der Waals surface area contributed by atoms with E-state index in [1.54, 1.807) is 6.92 Å². The molecule has 2 N–H and O–H groups in total. The highest BCUT2D eigenvalue weighted by molar-refractivity contribution is 7.89. The molecule has 0 fully saturated rings. The molecule has 2 heterocycles. The number of sulfonamides is 1. The molecule has 0 bridgehead atoms. The lowest BCUT2D eigenvalue weighted by Crippen LogP contribution is -2.14. The van der Waals surface area contributed by atoms with Crippen LogP contribution >= 0.6 is 0 Å². The third-order valence-electron chi connectivity index (χ3n) is 4.08. The first-order valence-corrected chi connectivity index (χ1v) is 9.25. The van der Waals surface area contributed by atoms with E-state index in [9.17, 15) is 8.42 Å². The summed E-state index contributed by atoms with van der Waals surface area (Å²) in [4.78, 5) is 8.52. The van der Waals surface area contributed by atoms with E-state index in [0.717, 1.165) is 24.0 Å². The fraction of sp³-hybridized carbons (Fsp3) is 0.333. The van der Waals surface area contributed by atoms with Crippen molar-refractivity contribution in [2.24, 2.45) is 5.14 Å². The summed E-state index contributed by atoms with van der Waals surface area (Å²) in [5.41, 5.74) is 2.27. The Morgan fingerprint density at radius 1 is 1.12 bits per heavy atom. The number of nitrogens with zero attached hydrogens (tertiary/aromatic N) is 4. The Morgan fingerprint density at radius 2 is 1.88 bits per heavy atom. The zero-order chi connectivity index (χ0) is 17.6. The number of hydrogen-bond donors (Lipinski definition) is 1. The van der Waals surface area contributed by atoms with Gasteiger partial charge in [0.05, 0.1) is 11.3 Å². The SMILES string of the molecule is Cc1nc(Cc2noc(-c3cc4c(c(S(N)(=O)=O)c3)CCC4)n2)no1. The minimum absolute atomic E-state index is 0.131. The van der Waals surface area contributed by atoms with Crippen LogP contribution in [0.3, 0.4) is 0 Å². The summed E-state index contributed by atoms with van der Waals surface area (Å²) in [6.45, 7) is 1.69. The highest BCUT2D eigenvalue weighted by atomic mass is 32.2. The van der Waals surface area contributed by atoms with Crippen LogP contribution < -0.4 is 5.14 Å². The molecule has 0 amide bonds. The van der Waals surface area contributed by atoms with Gasteiger partial charge in [0.15, 0.2) is 11.6 Å². The number of fused-ring (bicyclic) bond motifs is 1. The second kappa shape index (κ2) is 5.74. The van der Waals surface area contributed by atoms with Gasteiger partial charge in [-0.25, -0.2) is 13.6 Å². The van der Waals surface area contributed by atoms with Gasteiger partial charge in [0, 0.05) is 12.5 Å². The van der Waals surface area contributed by atoms with Crippen molar-refractivity contribution in [3.05, 3.63) is 40.8 Å². The van der Waals surface area contributed by atoms with E-state index in [2.05, 4.69) is 20.3 Å². The number of primary sulfonamides is 1. The Bertz CT molecular complexity index is 1050. The minimum atomic E-state index is -3.82. The van der Waals surface area contributed by atoms with Crippen LogP contribution in [0.2, 0.25) is 0 Å². The summed E-state index contributed by atoms with van der Waals surface area (Å²) in [7, 11) is -3.82. The van der Waals surface area contributed by atoms with Crippen LogP contribution in [-0.2, 0) is 29.3 Å². The zero-order valence-corrected chi connectivity index (χ0v) is 14.2. The highest BCUT2D eigenvalue weighted by Gasteiger charge is 2.24. The molecule has 0 saturated carbocycles. The number of benzene rings is 1. The summed E-state index contributed by atoms with van der Waals surface area (Å²) in [5, 5.41) is 13.0. The lowest BCUT2D eigenvalue weighted by molar-refractivity contribution is 0.387. The lowest BCUT2D eigenvalue weighted by Gasteiger charge is -2.08. The van der Waals surface area contributed by atoms with Crippen LogP contribution in [0.25, 0.3) is 11.5 Å². The molecule has 9 nitrogen and oxygen atoms in total. The topological polar surface area (TPSA) is 138 Å². The van der Waals surface area contributed by atoms with E-state index in [-0.39, 0.29) is 17.2 Å². The van der Waals surface area contributed by atoms with Crippen molar-refractivity contribution < 1.29 is 17.5 Å². The van der Waals surface area contributed by atoms with Gasteiger partial charge in [0.25, 0.3) is 5.89 Å². The van der Waals surface area contributed by atoms with Gasteiger partial charge in [-0.05, 0) is 42.5 Å². The first-order valence-electron chi connectivity index (χ1n) is 7.71. The van der Waals surface area contributed by atoms with E-state index < -0.39 is 10.0 Å². The molecule has 10 heteroatoms. The Labute approximate surface area is 143 Å². The van der Waals surface area contributed by atoms with Crippen molar-refractivity contribution in [3.63, 3.8) is 0 Å². The van der Waals surface area contributed by atoms with Crippen LogP contribution in [0.1, 0.15) is 35.1 Å². The summed E-state index contributed by atoms with van der Waals surface area (Å²) in [6.07, 6.45) is 2.66. The third-order valence-corrected chi connectivity index (χ3v) is 5.06. The van der Waals surface area contributed by atoms with Crippen LogP contribution in [-0.4, -0.2) is 28.7 Å². The number of hydrogen-bond acceptors (Lipinski definition) is 8. The molecule has 0 radical (unpaired) electrons. The normalized spacial score (nSPS) is 14.0. The number of rotatable bonds is 4. The van der Waals surface area contributed by atoms with Crippen molar-refractivity contribution in [2.45, 2.75) is 37.5 Å². The van der Waals surface area contributed by atoms with Crippen molar-refractivity contribution in [1.29, 1.82) is 0 Å². The second-order valence-electron chi connectivity index (χ2n) is 5.93. The Hall–Kier alpha value is -2.59. The average molecular weight is 361 g/mol. The van der Waals surface area contributed by atoms with E-state index in [1.165, 1.54) is 6.07 Å². The van der Waals surface area contributed by atoms with Gasteiger partial charge in [0.2, 0.25) is 15.9 Å². The lowest BCUT2D eigenvalue weighted by atomic mass is 10.1. The number of aromatic nitrogens is 4. The molecule has 4 rings (SSSR count). The maximum Gasteiger partial charge on any atom is 0.257 e. The standard InChI is InChI=1S/C15H15N5O4S/c1-8-17-13(19-23-8)7-14-18-15(24-20-14)10-5-9-3-2-4-11(9)12(6-10)25(16,21)22/h5-6H,2-4,7H2,1H3,(H2,16,21,22). The first kappa shape index (κ1) is 15.9. The zero-order valence-electron chi connectivity index (χ0n) is 13.4. The smallest absolute Gasteiger partial charge is 0.257 e. The molecule has 25 heavy (non-hydrogen) atoms. The fourth-order valence-electron chi connectivity index (χ4n) is 3.04. The maximum atomic E-state index is 11.9. The van der Waals surface area contributed by atoms with Gasteiger partial charge in [-0.15, -0.1) is 0 Å². The third kappa shape index (κ3) is 3.05. The molecule has 0 aliphatic heterocycles. The van der Waals surface area contributed by atoms with Crippen LogP contribution in [0.4, 0.5) is 0 Å². The summed E-state index contributed by atoms with van der Waals surface area (Å²) >= 11 is 0. The second-order valence-corrected chi connectivity index (χ2v) is 7.46. The van der Waals surface area contributed by atoms with Gasteiger partial charge in [-0.3, -0.25) is 0 Å². The molecule has 3 aromatic rings. The summed E-state index contributed by atoms with van der Waals surface area (Å²) < 4.78 is 34.0. The minimum Gasteiger partial charge on any atom is -0.340 e. The van der Waals surface area contributed by atoms with Crippen LogP contribution in [0.15, 0.2) is 26.1 Å². The van der Waals surface area contributed by atoms with Gasteiger partial charge in [-0.2, -0.15) is 9.97 Å². The highest BCUT2D eigenvalue weighted by Crippen LogP contribution is 2.32. The Morgan fingerprint density at radius 3 is 2.60 bits per heavy atom. The van der Waals surface area contributed by atoms with E-state index in [0.29, 0.717) is 29.5 Å². The maximum absolute atomic E-state index is 11.9. The van der Waals surface area contributed by atoms with Crippen LogP contribution in [0.5, 0.6) is 0 Å². The van der Waals surface area contributed by atoms with E-state index in [1.807, 2.05) is 6.07 Å². The molecular formula is C15H15N5O4S. The fourth-order valence-corrected chi connectivity index (χ4v) is 3.91. The number of aryl methyl sites for hydroxylation is 2. The van der Waals surface area contributed by atoms with Crippen molar-refractivity contribution in [1.82, 2.24) is 20.3 Å². The van der Waals surface area contributed by atoms with E-state index in [4.69, 9.17) is 14.2 Å². The molecule has 0 unspecified atom stereocenters. The molecule has 1 aliphatic carbocycles. The average Bonchev–Trinajstić information content (AvgIpc) is 3.26. The molecule has 1 aromatic carbocycles. The summed E-state index contributed by atoms with van der Waals surface area (Å²) in [6, 6.07) is 3.38. The molecule has 0 saturated heterocycles. The van der Waals surface area contributed by atoms with Gasteiger partial charge in [-0.1, -0.05) is 10.3 Å². The molecule has 0 atom stereocenters. The summed E-state index contributed by atoms with van der Waals surface area (Å²) in [5.74, 6) is 1.52. The predicted octanol–water partition coefficient (Wildman–Crippen LogP) is 1.15. The quantitative estimate of drug-likeness (QED) is 0.730. The molecule has 1 aliphatic rings. The van der Waals surface area contributed by atoms with Crippen molar-refractivity contribution in [2.75, 3.05) is 0 Å². The monoisotopic (exact) mass is 361 g/mol. The number of nitrogens with two attached hydrogens (primary N) is 1. The molecule has 0 spiro atoms. The molecule has 2 aromatic heterocycles. The van der Waals surface area contributed by atoms with Gasteiger partial charge in [0.1, 0.15) is 0 Å². The van der Waals surface area contributed by atoms with Gasteiger partial charge < -0.3 is 9.05 Å². The Kier molecular flexibility index (Phi) is 3.65. The van der Waals surface area contributed by atoms with Crippen molar-refractivity contribution in [3.8, 4) is 11.5 Å². The first-order chi connectivity index (χ1) is 11.9. The Balaban J connectivity index is 1.71. The predicted molar refractivity (Wildman–Crippen MR) is 85.0 cm³/mol. The van der Waals surface area contributed by atoms with Crippen LogP contribution in [0, 0.1) is 6.92 Å². The largest absolute Gasteiger partial charge is 0.340 e. The van der Waals surface area contributed by atoms with Gasteiger partial charge >= 0.3 is 0 Å². The van der Waals surface area contributed by atoms with Crippen molar-refractivity contribution >= 4 is 10.0 Å². The molecule has 130 valence electrons.